The van der Waals surface area contributed by atoms with Crippen LogP contribution in [0.3, 0.4) is 0 Å². The molecule has 0 spiro atoms. The summed E-state index contributed by atoms with van der Waals surface area (Å²) in [5.41, 5.74) is 1.57. The van der Waals surface area contributed by atoms with Gasteiger partial charge in [0.15, 0.2) is 0 Å². The van der Waals surface area contributed by atoms with Crippen LogP contribution in [0.4, 0.5) is 17.6 Å². The molecular formula is C34H30F4N2O4. The molecule has 0 aliphatic carbocycles. The quantitative estimate of drug-likeness (QED) is 0.223. The number of aliphatic hydroxyl groups excluding tert-OH is 1. The molecule has 0 fully saturated rings. The summed E-state index contributed by atoms with van der Waals surface area (Å²) in [5.74, 6) is -2.20. The number of hydrogen-bond acceptors (Lipinski definition) is 4. The van der Waals surface area contributed by atoms with Gasteiger partial charge in [-0.15, -0.1) is 0 Å². The van der Waals surface area contributed by atoms with E-state index in [4.69, 9.17) is 4.74 Å². The molecule has 2 N–H and O–H groups in total. The summed E-state index contributed by atoms with van der Waals surface area (Å²) in [5, 5.41) is 12.5. The van der Waals surface area contributed by atoms with E-state index in [2.05, 4.69) is 5.32 Å². The lowest BCUT2D eigenvalue weighted by molar-refractivity contribution is -0.137. The standard InChI is InChI=1S/C34H30F4N2O4/c1-44-27-12-8-21(9-13-27)14-15-39-32(42)30-28-4-2-3-5-29(28)33(43)40(31(30)24-10-6-22(20-41)7-11-24)19-23-16-25(34(36,37)38)18-26(35)17-23/h2-13,16-18,30-31,41H,14-15,19-20H2,1H3,(H,39,42)/t30-,31+/m1/s1. The van der Waals surface area contributed by atoms with Crippen LogP contribution in [0.2, 0.25) is 0 Å². The van der Waals surface area contributed by atoms with Crippen molar-refractivity contribution in [3.05, 3.63) is 136 Å². The number of nitrogens with one attached hydrogen (secondary N) is 1. The van der Waals surface area contributed by atoms with Crippen molar-refractivity contribution < 1.29 is 37.0 Å². The molecule has 0 saturated carbocycles. The fourth-order valence-corrected chi connectivity index (χ4v) is 5.58. The zero-order chi connectivity index (χ0) is 31.4. The number of rotatable bonds is 9. The van der Waals surface area contributed by atoms with Crippen LogP contribution in [-0.4, -0.2) is 35.5 Å². The van der Waals surface area contributed by atoms with Crippen molar-refractivity contribution in [1.29, 1.82) is 0 Å². The number of benzene rings is 4. The van der Waals surface area contributed by atoms with Gasteiger partial charge in [0.1, 0.15) is 11.6 Å². The van der Waals surface area contributed by atoms with Gasteiger partial charge in [-0.2, -0.15) is 13.2 Å². The summed E-state index contributed by atoms with van der Waals surface area (Å²) < 4.78 is 60.2. The van der Waals surface area contributed by atoms with Gasteiger partial charge in [0.2, 0.25) is 5.91 Å². The van der Waals surface area contributed by atoms with E-state index in [1.54, 1.807) is 55.6 Å². The summed E-state index contributed by atoms with van der Waals surface area (Å²) in [6.07, 6.45) is -4.27. The molecule has 4 aromatic carbocycles. The second-order valence-corrected chi connectivity index (χ2v) is 10.6. The zero-order valence-electron chi connectivity index (χ0n) is 23.8. The number of fused-ring (bicyclic) bond motifs is 1. The van der Waals surface area contributed by atoms with Crippen molar-refractivity contribution in [1.82, 2.24) is 10.2 Å². The minimum Gasteiger partial charge on any atom is -0.497 e. The van der Waals surface area contributed by atoms with Crippen LogP contribution in [0.5, 0.6) is 5.75 Å². The Balaban J connectivity index is 1.53. The van der Waals surface area contributed by atoms with Crippen molar-refractivity contribution in [3.8, 4) is 5.75 Å². The Kier molecular flexibility index (Phi) is 9.01. The van der Waals surface area contributed by atoms with Crippen molar-refractivity contribution in [2.45, 2.75) is 37.7 Å². The first-order valence-electron chi connectivity index (χ1n) is 14.0. The summed E-state index contributed by atoms with van der Waals surface area (Å²) >= 11 is 0. The van der Waals surface area contributed by atoms with Crippen LogP contribution in [0.15, 0.2) is 91.0 Å². The molecule has 2 atom stereocenters. The third-order valence-corrected chi connectivity index (χ3v) is 7.73. The van der Waals surface area contributed by atoms with E-state index in [0.717, 1.165) is 17.7 Å². The van der Waals surface area contributed by atoms with Gasteiger partial charge < -0.3 is 20.1 Å². The highest BCUT2D eigenvalue weighted by Crippen LogP contribution is 2.44. The Morgan fingerprint density at radius 3 is 2.27 bits per heavy atom. The molecular weight excluding hydrogens is 576 g/mol. The first-order chi connectivity index (χ1) is 21.1. The van der Waals surface area contributed by atoms with Crippen LogP contribution in [0.1, 0.15) is 55.7 Å². The summed E-state index contributed by atoms with van der Waals surface area (Å²) in [4.78, 5) is 29.2. The number of carbonyl (C=O) groups excluding carboxylic acids is 2. The lowest BCUT2D eigenvalue weighted by Gasteiger charge is -2.42. The average molecular weight is 607 g/mol. The van der Waals surface area contributed by atoms with Gasteiger partial charge >= 0.3 is 6.18 Å². The van der Waals surface area contributed by atoms with Crippen LogP contribution >= 0.6 is 0 Å². The molecule has 2 amide bonds. The van der Waals surface area contributed by atoms with Gasteiger partial charge in [-0.3, -0.25) is 9.59 Å². The highest BCUT2D eigenvalue weighted by Gasteiger charge is 2.44. The molecule has 44 heavy (non-hydrogen) atoms. The molecule has 228 valence electrons. The predicted molar refractivity (Wildman–Crippen MR) is 155 cm³/mol. The SMILES string of the molecule is COc1ccc(CCNC(=O)[C@@H]2c3ccccc3C(=O)N(Cc3cc(F)cc(C(F)(F)F)c3)[C@H]2c2ccc(CO)cc2)cc1. The van der Waals surface area contributed by atoms with E-state index in [-0.39, 0.29) is 36.7 Å². The highest BCUT2D eigenvalue weighted by atomic mass is 19.4. The largest absolute Gasteiger partial charge is 0.497 e. The van der Waals surface area contributed by atoms with Gasteiger partial charge in [0, 0.05) is 18.7 Å². The van der Waals surface area contributed by atoms with Gasteiger partial charge in [0.05, 0.1) is 31.2 Å². The Labute approximate surface area is 251 Å². The summed E-state index contributed by atoms with van der Waals surface area (Å²) in [6.45, 7) is -0.321. The minimum atomic E-state index is -4.79. The summed E-state index contributed by atoms with van der Waals surface area (Å²) in [6, 6.07) is 21.9. The normalized spacial score (nSPS) is 16.4. The maximum absolute atomic E-state index is 14.4. The Hall–Kier alpha value is -4.70. The van der Waals surface area contributed by atoms with E-state index in [1.807, 2.05) is 24.3 Å². The predicted octanol–water partition coefficient (Wildman–Crippen LogP) is 6.19. The van der Waals surface area contributed by atoms with Gasteiger partial charge in [-0.1, -0.05) is 54.6 Å². The minimum absolute atomic E-state index is 0.0688. The lowest BCUT2D eigenvalue weighted by Crippen LogP contribution is -2.47. The second-order valence-electron chi connectivity index (χ2n) is 10.6. The van der Waals surface area contributed by atoms with Crippen LogP contribution in [0, 0.1) is 5.82 Å². The molecule has 10 heteroatoms. The van der Waals surface area contributed by atoms with Crippen LogP contribution in [0.25, 0.3) is 0 Å². The first kappa shape index (κ1) is 30.7. The molecule has 1 aliphatic heterocycles. The molecule has 1 aliphatic rings. The third-order valence-electron chi connectivity index (χ3n) is 7.73. The fraction of sp³-hybridized carbons (Fsp3) is 0.235. The Morgan fingerprint density at radius 2 is 1.61 bits per heavy atom. The average Bonchev–Trinajstić information content (AvgIpc) is 3.02. The Morgan fingerprint density at radius 1 is 0.932 bits per heavy atom. The number of ether oxygens (including phenoxy) is 1. The topological polar surface area (TPSA) is 78.9 Å². The highest BCUT2D eigenvalue weighted by molar-refractivity contribution is 6.01. The number of amides is 2. The first-order valence-corrected chi connectivity index (χ1v) is 14.0. The van der Waals surface area contributed by atoms with Crippen LogP contribution in [-0.2, 0) is 30.5 Å². The van der Waals surface area contributed by atoms with E-state index < -0.39 is 35.4 Å². The van der Waals surface area contributed by atoms with Crippen molar-refractivity contribution >= 4 is 11.8 Å². The monoisotopic (exact) mass is 606 g/mol. The zero-order valence-corrected chi connectivity index (χ0v) is 23.8. The number of nitrogens with zero attached hydrogens (tertiary/aromatic N) is 1. The van der Waals surface area contributed by atoms with Gasteiger partial charge in [-0.25, -0.2) is 4.39 Å². The fourth-order valence-electron chi connectivity index (χ4n) is 5.58. The van der Waals surface area contributed by atoms with E-state index in [1.165, 1.54) is 4.90 Å². The van der Waals surface area contributed by atoms with Crippen molar-refractivity contribution in [2.75, 3.05) is 13.7 Å². The van der Waals surface area contributed by atoms with E-state index >= 15 is 0 Å². The molecule has 5 rings (SSSR count). The maximum atomic E-state index is 14.4. The number of hydrogen-bond donors (Lipinski definition) is 2. The maximum Gasteiger partial charge on any atom is 0.416 e. The number of halogens is 4. The smallest absolute Gasteiger partial charge is 0.416 e. The number of carbonyl (C=O) groups is 2. The lowest BCUT2D eigenvalue weighted by atomic mass is 9.78. The number of methoxy groups -OCH3 is 1. The van der Waals surface area contributed by atoms with E-state index in [0.29, 0.717) is 34.9 Å². The second kappa shape index (κ2) is 12.9. The van der Waals surface area contributed by atoms with Gasteiger partial charge in [0.25, 0.3) is 5.91 Å². The number of alkyl halides is 3. The summed E-state index contributed by atoms with van der Waals surface area (Å²) in [7, 11) is 1.57. The molecule has 1 heterocycles. The third kappa shape index (κ3) is 6.60. The molecule has 6 nitrogen and oxygen atoms in total. The molecule has 0 unspecified atom stereocenters. The van der Waals surface area contributed by atoms with E-state index in [9.17, 15) is 32.3 Å². The van der Waals surface area contributed by atoms with Crippen molar-refractivity contribution in [3.63, 3.8) is 0 Å². The molecule has 4 aromatic rings. The molecule has 0 radical (unpaired) electrons. The number of aliphatic hydroxyl groups is 1. The molecule has 0 saturated heterocycles. The molecule has 0 aromatic heterocycles. The van der Waals surface area contributed by atoms with Crippen molar-refractivity contribution in [2.24, 2.45) is 0 Å². The Bertz CT molecular complexity index is 1640. The van der Waals surface area contributed by atoms with Crippen LogP contribution < -0.4 is 10.1 Å². The molecule has 0 bridgehead atoms. The van der Waals surface area contributed by atoms with Gasteiger partial charge in [-0.05, 0) is 70.6 Å².